The van der Waals surface area contributed by atoms with Gasteiger partial charge in [0.05, 0.1) is 7.11 Å². The highest BCUT2D eigenvalue weighted by Crippen LogP contribution is 2.24. The van der Waals surface area contributed by atoms with E-state index in [0.29, 0.717) is 23.9 Å². The number of amides is 1. The van der Waals surface area contributed by atoms with Crippen molar-refractivity contribution in [2.45, 2.75) is 32.4 Å². The summed E-state index contributed by atoms with van der Waals surface area (Å²) in [6.45, 7) is 4.46. The summed E-state index contributed by atoms with van der Waals surface area (Å²) in [5.41, 5.74) is 1.43. The monoisotopic (exact) mass is 364 g/mol. The topological polar surface area (TPSA) is 87.4 Å². The van der Waals surface area contributed by atoms with Crippen LogP contribution in [0.15, 0.2) is 28.7 Å². The largest absolute Gasteiger partial charge is 0.616 e. The van der Waals surface area contributed by atoms with Gasteiger partial charge in [-0.25, -0.2) is 4.98 Å². The van der Waals surface area contributed by atoms with E-state index in [0.717, 1.165) is 24.2 Å². The lowest BCUT2D eigenvalue weighted by molar-refractivity contribution is -0.118. The molecule has 1 unspecified atom stereocenters. The molecule has 0 bridgehead atoms. The molecule has 6 nitrogen and oxygen atoms in total. The first kappa shape index (κ1) is 19.3. The molecule has 0 aliphatic rings. The smallest absolute Gasteiger partial charge is 0.269 e. The van der Waals surface area contributed by atoms with E-state index in [9.17, 15) is 9.35 Å². The normalized spacial score (nSPS) is 12.0. The number of nitrogens with zero attached hydrogens (tertiary/aromatic N) is 1. The van der Waals surface area contributed by atoms with E-state index in [1.54, 1.807) is 14.0 Å². The third-order valence-electron chi connectivity index (χ3n) is 3.67. The number of unbranched alkanes of at least 4 members (excludes halogenated alkanes) is 1. The standard InChI is InChI=1S/C18H24N2O4S/c1-4-5-10-19-17(21)12-25(22)11-16-13(2)24-18(20-16)14-6-8-15(23-3)9-7-14/h6-9H,4-5,10-12H2,1-3H3,(H,19,21). The maximum Gasteiger partial charge on any atom is 0.269 e. The quantitative estimate of drug-likeness (QED) is 0.546. The third kappa shape index (κ3) is 5.79. The number of nitrogens with one attached hydrogen (secondary N) is 1. The van der Waals surface area contributed by atoms with Gasteiger partial charge in [0.15, 0.2) is 11.5 Å². The van der Waals surface area contributed by atoms with E-state index < -0.39 is 11.2 Å². The fourth-order valence-corrected chi connectivity index (χ4v) is 3.29. The summed E-state index contributed by atoms with van der Waals surface area (Å²) in [7, 11) is 1.61. The Morgan fingerprint density at radius 2 is 2.08 bits per heavy atom. The molecule has 1 atom stereocenters. The lowest BCUT2D eigenvalue weighted by Crippen LogP contribution is -2.31. The van der Waals surface area contributed by atoms with Crippen molar-refractivity contribution in [2.75, 3.05) is 19.4 Å². The zero-order chi connectivity index (χ0) is 18.2. The lowest BCUT2D eigenvalue weighted by Gasteiger charge is -2.09. The van der Waals surface area contributed by atoms with Crippen LogP contribution < -0.4 is 10.1 Å². The molecule has 25 heavy (non-hydrogen) atoms. The van der Waals surface area contributed by atoms with Crippen molar-refractivity contribution in [1.82, 2.24) is 10.3 Å². The third-order valence-corrected chi connectivity index (χ3v) is 4.85. The van der Waals surface area contributed by atoms with Gasteiger partial charge >= 0.3 is 0 Å². The molecule has 0 saturated carbocycles. The highest BCUT2D eigenvalue weighted by atomic mass is 32.2. The van der Waals surface area contributed by atoms with Crippen LogP contribution in [0.3, 0.4) is 0 Å². The summed E-state index contributed by atoms with van der Waals surface area (Å²) in [5, 5.41) is 2.77. The predicted octanol–water partition coefficient (Wildman–Crippen LogP) is 2.82. The Balaban J connectivity index is 1.96. The van der Waals surface area contributed by atoms with E-state index >= 15 is 0 Å². The minimum absolute atomic E-state index is 0.0200. The number of aryl methyl sites for hydroxylation is 1. The van der Waals surface area contributed by atoms with E-state index in [4.69, 9.17) is 9.15 Å². The van der Waals surface area contributed by atoms with Gasteiger partial charge in [0.2, 0.25) is 5.89 Å². The van der Waals surface area contributed by atoms with Crippen molar-refractivity contribution in [3.63, 3.8) is 0 Å². The second-order valence-electron chi connectivity index (χ2n) is 5.68. The van der Waals surface area contributed by atoms with Crippen molar-refractivity contribution < 1.29 is 18.5 Å². The van der Waals surface area contributed by atoms with Crippen LogP contribution in [0, 0.1) is 6.92 Å². The lowest BCUT2D eigenvalue weighted by atomic mass is 10.2. The summed E-state index contributed by atoms with van der Waals surface area (Å²) in [6.07, 6.45) is 1.93. The van der Waals surface area contributed by atoms with Crippen LogP contribution in [-0.4, -0.2) is 34.9 Å². The number of benzene rings is 1. The first-order valence-corrected chi connectivity index (χ1v) is 9.74. The summed E-state index contributed by atoms with van der Waals surface area (Å²) >= 11 is -1.32. The maximum atomic E-state index is 12.2. The molecule has 7 heteroatoms. The molecule has 1 heterocycles. The highest BCUT2D eigenvalue weighted by Gasteiger charge is 2.19. The summed E-state index contributed by atoms with van der Waals surface area (Å²) in [6, 6.07) is 7.36. The number of aromatic nitrogens is 1. The van der Waals surface area contributed by atoms with Crippen molar-refractivity contribution >= 4 is 17.1 Å². The molecule has 0 saturated heterocycles. The number of ether oxygens (including phenoxy) is 1. The second kappa shape index (κ2) is 9.48. The first-order chi connectivity index (χ1) is 12.0. The molecule has 1 aromatic heterocycles. The number of carbonyl (C=O) groups excluding carboxylic acids is 1. The van der Waals surface area contributed by atoms with E-state index in [1.807, 2.05) is 24.3 Å². The van der Waals surface area contributed by atoms with Crippen LogP contribution in [0.5, 0.6) is 5.75 Å². The van der Waals surface area contributed by atoms with Crippen LogP contribution in [-0.2, 0) is 21.7 Å². The number of oxazole rings is 1. The van der Waals surface area contributed by atoms with E-state index in [2.05, 4.69) is 17.2 Å². The van der Waals surface area contributed by atoms with Gasteiger partial charge in [-0.2, -0.15) is 0 Å². The summed E-state index contributed by atoms with van der Waals surface area (Å²) in [5.74, 6) is 1.83. The molecule has 0 radical (unpaired) electrons. The van der Waals surface area contributed by atoms with Gasteiger partial charge in [-0.3, -0.25) is 4.79 Å². The first-order valence-electron chi connectivity index (χ1n) is 8.26. The van der Waals surface area contributed by atoms with Crippen LogP contribution >= 0.6 is 0 Å². The molecule has 136 valence electrons. The van der Waals surface area contributed by atoms with Gasteiger partial charge in [0.25, 0.3) is 5.91 Å². The van der Waals surface area contributed by atoms with Crippen molar-refractivity contribution in [3.8, 4) is 17.2 Å². The van der Waals surface area contributed by atoms with Crippen molar-refractivity contribution in [2.24, 2.45) is 0 Å². The Morgan fingerprint density at radius 3 is 2.72 bits per heavy atom. The molecule has 1 amide bonds. The van der Waals surface area contributed by atoms with Gasteiger partial charge in [0.1, 0.15) is 17.2 Å². The molecular weight excluding hydrogens is 340 g/mol. The molecule has 1 N–H and O–H groups in total. The van der Waals surface area contributed by atoms with E-state index in [-0.39, 0.29) is 17.4 Å². The molecule has 0 fully saturated rings. The second-order valence-corrected chi connectivity index (χ2v) is 7.14. The molecule has 0 spiro atoms. The fourth-order valence-electron chi connectivity index (χ4n) is 2.22. The zero-order valence-electron chi connectivity index (χ0n) is 14.8. The van der Waals surface area contributed by atoms with Gasteiger partial charge in [-0.05, 0) is 48.8 Å². The number of carbonyl (C=O) groups is 1. The van der Waals surface area contributed by atoms with Crippen LogP contribution in [0.2, 0.25) is 0 Å². The molecule has 1 aromatic carbocycles. The Labute approximate surface area is 151 Å². The van der Waals surface area contributed by atoms with Gasteiger partial charge in [-0.1, -0.05) is 13.3 Å². The molecule has 2 rings (SSSR count). The number of methoxy groups -OCH3 is 1. The van der Waals surface area contributed by atoms with Crippen LogP contribution in [0.1, 0.15) is 31.2 Å². The Morgan fingerprint density at radius 1 is 1.36 bits per heavy atom. The van der Waals surface area contributed by atoms with Crippen molar-refractivity contribution in [1.29, 1.82) is 0 Å². The van der Waals surface area contributed by atoms with Gasteiger partial charge < -0.3 is 19.0 Å². The zero-order valence-corrected chi connectivity index (χ0v) is 15.6. The average Bonchev–Trinajstić information content (AvgIpc) is 2.95. The Hall–Kier alpha value is -1.99. The molecule has 0 aliphatic heterocycles. The summed E-state index contributed by atoms with van der Waals surface area (Å²) < 4.78 is 23.0. The average molecular weight is 364 g/mol. The molecule has 0 aliphatic carbocycles. The number of hydrogen-bond acceptors (Lipinski definition) is 5. The molecule has 2 aromatic rings. The minimum Gasteiger partial charge on any atom is -0.616 e. The number of rotatable bonds is 9. The number of hydrogen-bond donors (Lipinski definition) is 1. The predicted molar refractivity (Wildman–Crippen MR) is 97.9 cm³/mol. The Kier molecular flexibility index (Phi) is 7.33. The van der Waals surface area contributed by atoms with Crippen LogP contribution in [0.4, 0.5) is 0 Å². The fraction of sp³-hybridized carbons (Fsp3) is 0.444. The summed E-state index contributed by atoms with van der Waals surface area (Å²) in [4.78, 5) is 16.2. The minimum atomic E-state index is -1.32. The SMILES string of the molecule is CCCCNC(=O)C[S+]([O-])Cc1nc(-c2ccc(OC)cc2)oc1C. The Bertz CT molecular complexity index is 685. The van der Waals surface area contributed by atoms with Gasteiger partial charge in [0, 0.05) is 12.1 Å². The van der Waals surface area contributed by atoms with Gasteiger partial charge in [-0.15, -0.1) is 0 Å². The van der Waals surface area contributed by atoms with Crippen molar-refractivity contribution in [3.05, 3.63) is 35.7 Å². The maximum absolute atomic E-state index is 12.2. The molecular formula is C18H24N2O4S. The highest BCUT2D eigenvalue weighted by molar-refractivity contribution is 7.91. The van der Waals surface area contributed by atoms with Crippen LogP contribution in [0.25, 0.3) is 11.5 Å². The van der Waals surface area contributed by atoms with E-state index in [1.165, 1.54) is 0 Å².